The molecule has 4 heteroatoms. The van der Waals surface area contributed by atoms with E-state index < -0.39 is 0 Å². The molecule has 0 aromatic rings. The lowest BCUT2D eigenvalue weighted by Crippen LogP contribution is -2.40. The van der Waals surface area contributed by atoms with Crippen LogP contribution in [0.5, 0.6) is 0 Å². The number of aliphatic hydroxyl groups excluding tert-OH is 1. The van der Waals surface area contributed by atoms with Crippen LogP contribution < -0.4 is 5.32 Å². The Morgan fingerprint density at radius 1 is 1.67 bits per heavy atom. The van der Waals surface area contributed by atoms with Crippen molar-refractivity contribution in [3.05, 3.63) is 0 Å². The smallest absolute Gasteiger partial charge is 0.234 e. The standard InChI is InChI=1S/C11H22N2O2/c1-3-9(2)12-11(15)7-13-5-4-10(6-13)8-14/h9-10,14H,3-8H2,1-2H3,(H,12,15)/t9-,10-/m0/s1. The van der Waals surface area contributed by atoms with Crippen molar-refractivity contribution in [3.63, 3.8) is 0 Å². The van der Waals surface area contributed by atoms with Crippen LogP contribution >= 0.6 is 0 Å². The number of hydrogen-bond donors (Lipinski definition) is 2. The summed E-state index contributed by atoms with van der Waals surface area (Å²) < 4.78 is 0. The van der Waals surface area contributed by atoms with E-state index in [2.05, 4.69) is 17.1 Å². The largest absolute Gasteiger partial charge is 0.396 e. The summed E-state index contributed by atoms with van der Waals surface area (Å²) in [4.78, 5) is 13.7. The van der Waals surface area contributed by atoms with E-state index in [4.69, 9.17) is 5.11 Å². The Kier molecular flexibility index (Phi) is 5.05. The molecule has 0 bridgehead atoms. The average molecular weight is 214 g/mol. The number of hydrogen-bond acceptors (Lipinski definition) is 3. The molecule has 1 fully saturated rings. The first-order chi connectivity index (χ1) is 7.15. The first kappa shape index (κ1) is 12.5. The average Bonchev–Trinajstić information content (AvgIpc) is 2.65. The fourth-order valence-electron chi connectivity index (χ4n) is 1.83. The summed E-state index contributed by atoms with van der Waals surface area (Å²) in [6.45, 7) is 6.56. The number of carbonyl (C=O) groups excluding carboxylic acids is 1. The molecule has 1 amide bonds. The minimum absolute atomic E-state index is 0.0999. The van der Waals surface area contributed by atoms with Gasteiger partial charge >= 0.3 is 0 Å². The molecule has 0 aromatic carbocycles. The summed E-state index contributed by atoms with van der Waals surface area (Å²) in [5, 5.41) is 11.9. The van der Waals surface area contributed by atoms with Gasteiger partial charge in [0.05, 0.1) is 6.54 Å². The first-order valence-electron chi connectivity index (χ1n) is 5.78. The van der Waals surface area contributed by atoms with Gasteiger partial charge in [-0.1, -0.05) is 6.92 Å². The molecular weight excluding hydrogens is 192 g/mol. The van der Waals surface area contributed by atoms with E-state index in [1.165, 1.54) is 0 Å². The van der Waals surface area contributed by atoms with Crippen LogP contribution in [-0.2, 0) is 4.79 Å². The zero-order valence-electron chi connectivity index (χ0n) is 9.70. The fraction of sp³-hybridized carbons (Fsp3) is 0.909. The molecular formula is C11H22N2O2. The van der Waals surface area contributed by atoms with Crippen LogP contribution in [0.2, 0.25) is 0 Å². The van der Waals surface area contributed by atoms with E-state index in [0.717, 1.165) is 25.9 Å². The highest BCUT2D eigenvalue weighted by Gasteiger charge is 2.23. The predicted octanol–water partition coefficient (Wildman–Crippen LogP) is 0.215. The summed E-state index contributed by atoms with van der Waals surface area (Å²) in [6.07, 6.45) is 1.97. The Balaban J connectivity index is 2.21. The van der Waals surface area contributed by atoms with Gasteiger partial charge in [-0.05, 0) is 32.2 Å². The number of carbonyl (C=O) groups is 1. The second-order valence-corrected chi connectivity index (χ2v) is 4.45. The van der Waals surface area contributed by atoms with Gasteiger partial charge in [-0.25, -0.2) is 0 Å². The molecule has 88 valence electrons. The lowest BCUT2D eigenvalue weighted by atomic mass is 10.1. The second-order valence-electron chi connectivity index (χ2n) is 4.45. The molecule has 1 rings (SSSR count). The maximum absolute atomic E-state index is 11.5. The fourth-order valence-corrected chi connectivity index (χ4v) is 1.83. The summed E-state index contributed by atoms with van der Waals surface area (Å²) in [6, 6.07) is 0.258. The monoisotopic (exact) mass is 214 g/mol. The van der Waals surface area contributed by atoms with Crippen molar-refractivity contribution in [2.24, 2.45) is 5.92 Å². The van der Waals surface area contributed by atoms with Crippen molar-refractivity contribution in [1.29, 1.82) is 0 Å². The van der Waals surface area contributed by atoms with Crippen LogP contribution in [0.4, 0.5) is 0 Å². The van der Waals surface area contributed by atoms with Gasteiger partial charge in [-0.3, -0.25) is 9.69 Å². The molecule has 1 heterocycles. The molecule has 0 aliphatic carbocycles. The van der Waals surface area contributed by atoms with E-state index in [9.17, 15) is 4.79 Å². The minimum atomic E-state index is 0.0999. The Morgan fingerprint density at radius 3 is 2.93 bits per heavy atom. The molecule has 15 heavy (non-hydrogen) atoms. The molecule has 2 atom stereocenters. The highest BCUT2D eigenvalue weighted by atomic mass is 16.3. The van der Waals surface area contributed by atoms with Crippen molar-refractivity contribution < 1.29 is 9.90 Å². The van der Waals surface area contributed by atoms with Crippen LogP contribution in [0, 0.1) is 5.92 Å². The van der Waals surface area contributed by atoms with Crippen molar-refractivity contribution in [1.82, 2.24) is 10.2 Å². The molecule has 1 aliphatic rings. The highest BCUT2D eigenvalue weighted by Crippen LogP contribution is 2.14. The zero-order valence-corrected chi connectivity index (χ0v) is 9.70. The van der Waals surface area contributed by atoms with E-state index in [0.29, 0.717) is 12.5 Å². The molecule has 0 aromatic heterocycles. The van der Waals surface area contributed by atoms with Crippen LogP contribution in [0.1, 0.15) is 26.7 Å². The zero-order chi connectivity index (χ0) is 11.3. The van der Waals surface area contributed by atoms with E-state index in [-0.39, 0.29) is 18.6 Å². The van der Waals surface area contributed by atoms with Gasteiger partial charge in [0.15, 0.2) is 0 Å². The lowest BCUT2D eigenvalue weighted by Gasteiger charge is -2.17. The molecule has 1 aliphatic heterocycles. The third kappa shape index (κ3) is 4.18. The van der Waals surface area contributed by atoms with Crippen LogP contribution in [0.15, 0.2) is 0 Å². The van der Waals surface area contributed by atoms with Gasteiger partial charge in [0.2, 0.25) is 5.91 Å². The molecule has 2 N–H and O–H groups in total. The first-order valence-corrected chi connectivity index (χ1v) is 5.78. The molecule has 4 nitrogen and oxygen atoms in total. The maximum Gasteiger partial charge on any atom is 0.234 e. The summed E-state index contributed by atoms with van der Waals surface area (Å²) in [7, 11) is 0. The van der Waals surface area contributed by atoms with Gasteiger partial charge in [0.25, 0.3) is 0 Å². The number of amides is 1. The van der Waals surface area contributed by atoms with Gasteiger partial charge in [-0.2, -0.15) is 0 Å². The van der Waals surface area contributed by atoms with Crippen molar-refractivity contribution in [3.8, 4) is 0 Å². The Labute approximate surface area is 91.6 Å². The SMILES string of the molecule is CC[C@H](C)NC(=O)CN1CC[C@H](CO)C1. The third-order valence-electron chi connectivity index (χ3n) is 3.02. The van der Waals surface area contributed by atoms with Crippen LogP contribution in [-0.4, -0.2) is 48.2 Å². The highest BCUT2D eigenvalue weighted by molar-refractivity contribution is 5.78. The molecule has 1 saturated heterocycles. The number of likely N-dealkylation sites (tertiary alicyclic amines) is 1. The summed E-state index contributed by atoms with van der Waals surface area (Å²) >= 11 is 0. The number of aliphatic hydroxyl groups is 1. The molecule has 0 radical (unpaired) electrons. The van der Waals surface area contributed by atoms with Crippen molar-refractivity contribution >= 4 is 5.91 Å². The third-order valence-corrected chi connectivity index (χ3v) is 3.02. The van der Waals surface area contributed by atoms with E-state index in [1.807, 2.05) is 6.92 Å². The van der Waals surface area contributed by atoms with Crippen LogP contribution in [0.25, 0.3) is 0 Å². The lowest BCUT2D eigenvalue weighted by molar-refractivity contribution is -0.122. The molecule has 0 saturated carbocycles. The quantitative estimate of drug-likeness (QED) is 0.688. The van der Waals surface area contributed by atoms with Gasteiger partial charge in [0, 0.05) is 19.2 Å². The maximum atomic E-state index is 11.5. The van der Waals surface area contributed by atoms with E-state index >= 15 is 0 Å². The van der Waals surface area contributed by atoms with Crippen molar-refractivity contribution in [2.45, 2.75) is 32.7 Å². The predicted molar refractivity (Wildman–Crippen MR) is 59.5 cm³/mol. The normalized spacial score (nSPS) is 24.1. The molecule has 0 unspecified atom stereocenters. The molecule has 0 spiro atoms. The number of rotatable bonds is 5. The Bertz CT molecular complexity index is 209. The second kappa shape index (κ2) is 6.08. The van der Waals surface area contributed by atoms with Crippen molar-refractivity contribution in [2.75, 3.05) is 26.2 Å². The van der Waals surface area contributed by atoms with Gasteiger partial charge in [0.1, 0.15) is 0 Å². The Morgan fingerprint density at radius 2 is 2.40 bits per heavy atom. The number of nitrogens with zero attached hydrogens (tertiary/aromatic N) is 1. The summed E-state index contributed by atoms with van der Waals surface area (Å²) in [5.41, 5.74) is 0. The number of nitrogens with one attached hydrogen (secondary N) is 1. The van der Waals surface area contributed by atoms with Crippen LogP contribution in [0.3, 0.4) is 0 Å². The van der Waals surface area contributed by atoms with E-state index in [1.54, 1.807) is 0 Å². The summed E-state index contributed by atoms with van der Waals surface area (Å²) in [5.74, 6) is 0.462. The van der Waals surface area contributed by atoms with Gasteiger partial charge < -0.3 is 10.4 Å². The Hall–Kier alpha value is -0.610. The topological polar surface area (TPSA) is 52.6 Å². The minimum Gasteiger partial charge on any atom is -0.396 e. The van der Waals surface area contributed by atoms with Gasteiger partial charge in [-0.15, -0.1) is 0 Å².